The number of pyridine rings is 4. The molecule has 1 aliphatic heterocycles. The van der Waals surface area contributed by atoms with Crippen molar-refractivity contribution in [2.75, 3.05) is 0 Å². The number of rotatable bonds is 6. The molecule has 0 fully saturated rings. The molecular formula is C54H34N6. The molecule has 0 radical (unpaired) electrons. The minimum atomic E-state index is 0.834. The molecule has 10 aromatic rings. The topological polar surface area (TPSA) is 76.3 Å². The first-order valence-corrected chi connectivity index (χ1v) is 19.9. The summed E-state index contributed by atoms with van der Waals surface area (Å²) in [6.45, 7) is 0. The van der Waals surface area contributed by atoms with Crippen molar-refractivity contribution in [2.45, 2.75) is 0 Å². The van der Waals surface area contributed by atoms with Crippen molar-refractivity contribution < 1.29 is 0 Å². The van der Waals surface area contributed by atoms with Gasteiger partial charge in [0.15, 0.2) is 0 Å². The number of hydrogen-bond donors (Lipinski definition) is 0. The third-order valence-electron chi connectivity index (χ3n) is 11.0. The fourth-order valence-electron chi connectivity index (χ4n) is 7.92. The second-order valence-electron chi connectivity index (χ2n) is 14.8. The molecule has 280 valence electrons. The van der Waals surface area contributed by atoms with Crippen LogP contribution in [0.1, 0.15) is 22.3 Å². The molecule has 6 nitrogen and oxygen atoms in total. The molecule has 4 aromatic heterocycles. The Bertz CT molecular complexity index is 3060. The summed E-state index contributed by atoms with van der Waals surface area (Å²) in [5.41, 5.74) is 14.4. The van der Waals surface area contributed by atoms with Crippen LogP contribution >= 0.6 is 0 Å². The van der Waals surface area contributed by atoms with Gasteiger partial charge in [-0.05, 0) is 94.3 Å². The number of benzene rings is 6. The van der Waals surface area contributed by atoms with Crippen molar-refractivity contribution in [3.8, 4) is 45.3 Å². The van der Waals surface area contributed by atoms with Gasteiger partial charge < -0.3 is 0 Å². The number of fused-ring (bicyclic) bond motifs is 4. The minimum absolute atomic E-state index is 0.834. The van der Waals surface area contributed by atoms with Gasteiger partial charge in [-0.25, -0.2) is 20.0 Å². The van der Waals surface area contributed by atoms with Crippen LogP contribution < -0.4 is 0 Å². The fourth-order valence-corrected chi connectivity index (χ4v) is 7.92. The van der Waals surface area contributed by atoms with Gasteiger partial charge in [0, 0.05) is 45.8 Å². The summed E-state index contributed by atoms with van der Waals surface area (Å²) in [6, 6.07) is 66.7. The minimum Gasteiger partial charge on any atom is -0.255 e. The Balaban J connectivity index is 1.05. The second kappa shape index (κ2) is 14.9. The zero-order valence-corrected chi connectivity index (χ0v) is 32.3. The molecule has 60 heavy (non-hydrogen) atoms. The molecule has 0 N–H and O–H groups in total. The standard InChI is InChI=1S/C54H34N6/c1-3-13-41-33-51-43(31-39(41)11-1)53(37-25-21-35(22-26-37)45-17-9-19-49(57-45)47-15-5-7-29-55-47)60-52-34-42-14-4-2-12-40(42)32-44(52)54(59-51)38-27-23-36(24-28-38)46-18-10-20-50(58-46)48-16-6-8-30-56-48/h1-34H. The van der Waals surface area contributed by atoms with Crippen LogP contribution in [0.25, 0.3) is 66.8 Å². The fraction of sp³-hybridized carbons (Fsp3) is 0. The summed E-state index contributed by atoms with van der Waals surface area (Å²) in [5, 5.41) is 4.47. The van der Waals surface area contributed by atoms with Gasteiger partial charge in [-0.1, -0.05) is 121 Å². The highest BCUT2D eigenvalue weighted by atomic mass is 14.8. The Morgan fingerprint density at radius 2 is 0.617 bits per heavy atom. The first-order chi connectivity index (χ1) is 29.7. The van der Waals surface area contributed by atoms with E-state index in [4.69, 9.17) is 20.0 Å². The molecule has 1 aliphatic rings. The van der Waals surface area contributed by atoms with Crippen LogP contribution in [0.5, 0.6) is 0 Å². The summed E-state index contributed by atoms with van der Waals surface area (Å²) in [7, 11) is 0. The van der Waals surface area contributed by atoms with E-state index in [1.165, 1.54) is 0 Å². The Hall–Kier alpha value is -8.22. The lowest BCUT2D eigenvalue weighted by Crippen LogP contribution is -2.10. The highest BCUT2D eigenvalue weighted by Crippen LogP contribution is 2.38. The van der Waals surface area contributed by atoms with E-state index in [-0.39, 0.29) is 0 Å². The average molecular weight is 767 g/mol. The van der Waals surface area contributed by atoms with Gasteiger partial charge in [-0.3, -0.25) is 9.97 Å². The van der Waals surface area contributed by atoms with Gasteiger partial charge >= 0.3 is 0 Å². The zero-order valence-electron chi connectivity index (χ0n) is 32.3. The predicted octanol–water partition coefficient (Wildman–Crippen LogP) is 12.9. The lowest BCUT2D eigenvalue weighted by Gasteiger charge is -2.20. The van der Waals surface area contributed by atoms with Gasteiger partial charge in [-0.2, -0.15) is 0 Å². The molecule has 6 heteroatoms. The van der Waals surface area contributed by atoms with Gasteiger partial charge in [0.1, 0.15) is 0 Å². The van der Waals surface area contributed by atoms with Crippen LogP contribution in [0.15, 0.2) is 217 Å². The maximum absolute atomic E-state index is 5.60. The van der Waals surface area contributed by atoms with Crippen molar-refractivity contribution in [2.24, 2.45) is 9.98 Å². The van der Waals surface area contributed by atoms with Crippen LogP contribution in [0.4, 0.5) is 11.4 Å². The first kappa shape index (κ1) is 35.0. The first-order valence-electron chi connectivity index (χ1n) is 19.9. The molecule has 0 aliphatic carbocycles. The highest BCUT2D eigenvalue weighted by molar-refractivity contribution is 6.24. The molecule has 0 spiro atoms. The Morgan fingerprint density at radius 3 is 1.02 bits per heavy atom. The Labute approximate surface area is 347 Å². The quantitative estimate of drug-likeness (QED) is 0.169. The summed E-state index contributed by atoms with van der Waals surface area (Å²) in [6.07, 6.45) is 3.59. The summed E-state index contributed by atoms with van der Waals surface area (Å²) >= 11 is 0. The van der Waals surface area contributed by atoms with Gasteiger partial charge in [-0.15, -0.1) is 0 Å². The van der Waals surface area contributed by atoms with Crippen LogP contribution in [0.3, 0.4) is 0 Å². The van der Waals surface area contributed by atoms with Crippen LogP contribution in [0.2, 0.25) is 0 Å². The molecule has 0 unspecified atom stereocenters. The Kier molecular flexibility index (Phi) is 8.71. The van der Waals surface area contributed by atoms with E-state index in [1.54, 1.807) is 12.4 Å². The molecule has 0 saturated heterocycles. The average Bonchev–Trinajstić information content (AvgIpc) is 3.32. The number of nitrogens with zero attached hydrogens (tertiary/aromatic N) is 6. The molecule has 0 amide bonds. The van der Waals surface area contributed by atoms with E-state index >= 15 is 0 Å². The van der Waals surface area contributed by atoms with E-state index in [9.17, 15) is 0 Å². The molecule has 0 bridgehead atoms. The van der Waals surface area contributed by atoms with Crippen LogP contribution in [-0.4, -0.2) is 31.4 Å². The summed E-state index contributed by atoms with van der Waals surface area (Å²) < 4.78 is 0. The number of aromatic nitrogens is 4. The van der Waals surface area contributed by atoms with E-state index in [0.717, 1.165) is 112 Å². The van der Waals surface area contributed by atoms with E-state index in [0.29, 0.717) is 0 Å². The maximum Gasteiger partial charge on any atom is 0.0893 e. The van der Waals surface area contributed by atoms with Gasteiger partial charge in [0.25, 0.3) is 0 Å². The largest absolute Gasteiger partial charge is 0.255 e. The number of hydrogen-bond acceptors (Lipinski definition) is 6. The SMILES string of the molecule is c1ccc(-c2cccc(-c3ccc(C4=Nc5cc6ccccc6cc5C(c5ccc(-c6cccc(-c7ccccn7)n6)cc5)=Nc5cc6ccccc6cc54)cc3)n2)nc1. The third-order valence-corrected chi connectivity index (χ3v) is 11.0. The number of aliphatic imine (C=N–C) groups is 2. The molecule has 11 rings (SSSR count). The zero-order chi connectivity index (χ0) is 39.8. The van der Waals surface area contributed by atoms with Crippen molar-refractivity contribution in [3.63, 3.8) is 0 Å². The molecule has 0 saturated carbocycles. The monoisotopic (exact) mass is 766 g/mol. The third kappa shape index (κ3) is 6.62. The second-order valence-corrected chi connectivity index (χ2v) is 14.8. The molecule has 5 heterocycles. The van der Waals surface area contributed by atoms with E-state index in [1.807, 2.05) is 72.8 Å². The maximum atomic E-state index is 5.60. The lowest BCUT2D eigenvalue weighted by molar-refractivity contribution is 1.25. The van der Waals surface area contributed by atoms with E-state index < -0.39 is 0 Å². The summed E-state index contributed by atoms with van der Waals surface area (Å²) in [5.74, 6) is 0. The molecule has 0 atom stereocenters. The van der Waals surface area contributed by atoms with Crippen molar-refractivity contribution in [1.29, 1.82) is 0 Å². The molecule has 6 aromatic carbocycles. The van der Waals surface area contributed by atoms with Crippen LogP contribution in [0, 0.1) is 0 Å². The van der Waals surface area contributed by atoms with Crippen molar-refractivity contribution in [3.05, 3.63) is 229 Å². The normalized spacial score (nSPS) is 12.2. The predicted molar refractivity (Wildman–Crippen MR) is 244 cm³/mol. The Morgan fingerprint density at radius 1 is 0.267 bits per heavy atom. The summed E-state index contributed by atoms with van der Waals surface area (Å²) in [4.78, 5) is 30.2. The van der Waals surface area contributed by atoms with Gasteiger partial charge in [0.2, 0.25) is 0 Å². The van der Waals surface area contributed by atoms with Crippen LogP contribution in [-0.2, 0) is 0 Å². The van der Waals surface area contributed by atoms with Crippen molar-refractivity contribution in [1.82, 2.24) is 19.9 Å². The smallest absolute Gasteiger partial charge is 0.0893 e. The van der Waals surface area contributed by atoms with E-state index in [2.05, 4.69) is 131 Å². The molecular weight excluding hydrogens is 733 g/mol. The van der Waals surface area contributed by atoms with Gasteiger partial charge in [0.05, 0.1) is 57.0 Å². The highest BCUT2D eigenvalue weighted by Gasteiger charge is 2.22. The lowest BCUT2D eigenvalue weighted by atomic mass is 9.92. The van der Waals surface area contributed by atoms with Crippen molar-refractivity contribution >= 4 is 44.3 Å².